The van der Waals surface area contributed by atoms with Crippen LogP contribution < -0.4 is 5.32 Å². The van der Waals surface area contributed by atoms with Crippen molar-refractivity contribution >= 4 is 12.0 Å². The van der Waals surface area contributed by atoms with Gasteiger partial charge in [-0.1, -0.05) is 30.3 Å². The third-order valence-electron chi connectivity index (χ3n) is 5.07. The van der Waals surface area contributed by atoms with Crippen molar-refractivity contribution in [3.63, 3.8) is 0 Å². The molecular formula is C22H32N2O5. The zero-order chi connectivity index (χ0) is 20.9. The Labute approximate surface area is 172 Å². The van der Waals surface area contributed by atoms with E-state index in [0.717, 1.165) is 18.4 Å². The summed E-state index contributed by atoms with van der Waals surface area (Å²) >= 11 is 0. The van der Waals surface area contributed by atoms with E-state index in [4.69, 9.17) is 14.2 Å². The van der Waals surface area contributed by atoms with Crippen LogP contribution in [0.5, 0.6) is 0 Å². The van der Waals surface area contributed by atoms with Crippen LogP contribution in [0.3, 0.4) is 0 Å². The number of hydrogen-bond acceptors (Lipinski definition) is 5. The van der Waals surface area contributed by atoms with Crippen molar-refractivity contribution in [2.75, 3.05) is 26.3 Å². The lowest BCUT2D eigenvalue weighted by atomic mass is 9.96. The van der Waals surface area contributed by atoms with Gasteiger partial charge in [-0.25, -0.2) is 4.79 Å². The van der Waals surface area contributed by atoms with Crippen LogP contribution in [-0.4, -0.2) is 61.1 Å². The fourth-order valence-corrected chi connectivity index (χ4v) is 3.80. The van der Waals surface area contributed by atoms with Crippen LogP contribution in [-0.2, 0) is 25.4 Å². The van der Waals surface area contributed by atoms with Gasteiger partial charge in [0.1, 0.15) is 11.6 Å². The minimum atomic E-state index is -0.684. The SMILES string of the molecule is CC(C)(C)OC(=O)NC(Cc1ccccc1)C(=O)N1CCCC(C2OCCO2)C1. The first kappa shape index (κ1) is 21.6. The highest BCUT2D eigenvalue weighted by atomic mass is 16.7. The number of nitrogens with zero attached hydrogens (tertiary/aromatic N) is 1. The van der Waals surface area contributed by atoms with Gasteiger partial charge in [-0.05, 0) is 39.2 Å². The summed E-state index contributed by atoms with van der Waals surface area (Å²) in [6.07, 6.45) is 1.46. The molecule has 160 valence electrons. The van der Waals surface area contributed by atoms with Crippen LogP contribution in [0.1, 0.15) is 39.2 Å². The first-order valence-electron chi connectivity index (χ1n) is 10.4. The number of hydrogen-bond donors (Lipinski definition) is 1. The van der Waals surface area contributed by atoms with Gasteiger partial charge in [0, 0.05) is 25.4 Å². The molecule has 2 heterocycles. The monoisotopic (exact) mass is 404 g/mol. The smallest absolute Gasteiger partial charge is 0.408 e. The quantitative estimate of drug-likeness (QED) is 0.817. The number of amides is 2. The average molecular weight is 405 g/mol. The molecule has 2 amide bonds. The third kappa shape index (κ3) is 6.44. The Kier molecular flexibility index (Phi) is 7.14. The van der Waals surface area contributed by atoms with Gasteiger partial charge in [0.2, 0.25) is 5.91 Å². The molecule has 1 aromatic carbocycles. The van der Waals surface area contributed by atoms with Crippen LogP contribution in [0.15, 0.2) is 30.3 Å². The fourth-order valence-electron chi connectivity index (χ4n) is 3.80. The molecule has 0 radical (unpaired) electrons. The van der Waals surface area contributed by atoms with E-state index in [1.165, 1.54) is 0 Å². The van der Waals surface area contributed by atoms with E-state index < -0.39 is 17.7 Å². The van der Waals surface area contributed by atoms with Crippen molar-refractivity contribution in [2.24, 2.45) is 5.92 Å². The lowest BCUT2D eigenvalue weighted by molar-refractivity contribution is -0.141. The zero-order valence-corrected chi connectivity index (χ0v) is 17.6. The topological polar surface area (TPSA) is 77.1 Å². The Bertz CT molecular complexity index is 682. The molecule has 7 heteroatoms. The van der Waals surface area contributed by atoms with Crippen molar-refractivity contribution in [1.82, 2.24) is 10.2 Å². The summed E-state index contributed by atoms with van der Waals surface area (Å²) in [6, 6.07) is 9.01. The number of benzene rings is 1. The second-order valence-corrected chi connectivity index (χ2v) is 8.69. The number of carbonyl (C=O) groups is 2. The lowest BCUT2D eigenvalue weighted by Crippen LogP contribution is -2.54. The number of ether oxygens (including phenoxy) is 3. The number of alkyl carbamates (subject to hydrolysis) is 1. The molecule has 2 saturated heterocycles. The van der Waals surface area contributed by atoms with E-state index in [9.17, 15) is 9.59 Å². The molecule has 0 bridgehead atoms. The van der Waals surface area contributed by atoms with Crippen LogP contribution >= 0.6 is 0 Å². The third-order valence-corrected chi connectivity index (χ3v) is 5.07. The summed E-state index contributed by atoms with van der Waals surface area (Å²) in [5, 5.41) is 2.79. The molecule has 0 saturated carbocycles. The highest BCUT2D eigenvalue weighted by molar-refractivity contribution is 5.86. The molecular weight excluding hydrogens is 372 g/mol. The minimum absolute atomic E-state index is 0.0950. The summed E-state index contributed by atoms with van der Waals surface area (Å²) in [5.74, 6) is 0.0662. The normalized spacial score (nSPS) is 21.6. The van der Waals surface area contributed by atoms with Gasteiger partial charge >= 0.3 is 6.09 Å². The average Bonchev–Trinajstić information content (AvgIpc) is 3.21. The van der Waals surface area contributed by atoms with Crippen molar-refractivity contribution in [3.8, 4) is 0 Å². The Hall–Kier alpha value is -2.12. The van der Waals surface area contributed by atoms with Crippen LogP contribution in [0, 0.1) is 5.92 Å². The molecule has 2 aliphatic heterocycles. The Morgan fingerprint density at radius 2 is 1.90 bits per heavy atom. The van der Waals surface area contributed by atoms with E-state index in [1.54, 1.807) is 20.8 Å². The standard InChI is InChI=1S/C22H32N2O5/c1-22(2,3)29-21(26)23-18(14-16-8-5-4-6-9-16)19(25)24-11-7-10-17(15-24)20-27-12-13-28-20/h4-6,8-9,17-18,20H,7,10-15H2,1-3H3,(H,23,26). The van der Waals surface area contributed by atoms with Gasteiger partial charge in [-0.15, -0.1) is 0 Å². The second-order valence-electron chi connectivity index (χ2n) is 8.69. The summed E-state index contributed by atoms with van der Waals surface area (Å²) in [7, 11) is 0. The summed E-state index contributed by atoms with van der Waals surface area (Å²) in [5.41, 5.74) is 0.357. The van der Waals surface area contributed by atoms with Gasteiger partial charge in [0.15, 0.2) is 6.29 Å². The summed E-state index contributed by atoms with van der Waals surface area (Å²) < 4.78 is 16.7. The van der Waals surface area contributed by atoms with Gasteiger partial charge < -0.3 is 24.4 Å². The largest absolute Gasteiger partial charge is 0.444 e. The Morgan fingerprint density at radius 3 is 2.55 bits per heavy atom. The molecule has 0 aliphatic carbocycles. The molecule has 7 nitrogen and oxygen atoms in total. The number of likely N-dealkylation sites (tertiary alicyclic amines) is 1. The van der Waals surface area contributed by atoms with Crippen LogP contribution in [0.2, 0.25) is 0 Å². The van der Waals surface area contributed by atoms with Crippen molar-refractivity contribution in [1.29, 1.82) is 0 Å². The predicted octanol–water partition coefficient (Wildman–Crippen LogP) is 2.73. The van der Waals surface area contributed by atoms with E-state index in [-0.39, 0.29) is 18.1 Å². The first-order chi connectivity index (χ1) is 13.8. The maximum atomic E-state index is 13.3. The van der Waals surface area contributed by atoms with E-state index in [0.29, 0.717) is 32.7 Å². The molecule has 2 aliphatic rings. The van der Waals surface area contributed by atoms with Gasteiger partial charge in [-0.3, -0.25) is 4.79 Å². The molecule has 2 unspecified atom stereocenters. The van der Waals surface area contributed by atoms with E-state index in [1.807, 2.05) is 35.2 Å². The molecule has 29 heavy (non-hydrogen) atoms. The van der Waals surface area contributed by atoms with Crippen molar-refractivity contribution in [2.45, 2.75) is 58.0 Å². The van der Waals surface area contributed by atoms with Crippen LogP contribution in [0.25, 0.3) is 0 Å². The highest BCUT2D eigenvalue weighted by Crippen LogP contribution is 2.25. The summed E-state index contributed by atoms with van der Waals surface area (Å²) in [6.45, 7) is 7.86. The molecule has 3 rings (SSSR count). The van der Waals surface area contributed by atoms with Gasteiger partial charge in [0.05, 0.1) is 13.2 Å². The Balaban J connectivity index is 1.69. The fraction of sp³-hybridized carbons (Fsp3) is 0.636. The molecule has 0 aromatic heterocycles. The number of rotatable bonds is 5. The molecule has 1 N–H and O–H groups in total. The number of carbonyl (C=O) groups excluding carboxylic acids is 2. The van der Waals surface area contributed by atoms with E-state index >= 15 is 0 Å². The maximum Gasteiger partial charge on any atom is 0.408 e. The predicted molar refractivity (Wildman–Crippen MR) is 108 cm³/mol. The zero-order valence-electron chi connectivity index (χ0n) is 17.6. The first-order valence-corrected chi connectivity index (χ1v) is 10.4. The van der Waals surface area contributed by atoms with Crippen LogP contribution in [0.4, 0.5) is 4.79 Å². The maximum absolute atomic E-state index is 13.3. The Morgan fingerprint density at radius 1 is 1.21 bits per heavy atom. The second kappa shape index (κ2) is 9.59. The minimum Gasteiger partial charge on any atom is -0.444 e. The van der Waals surface area contributed by atoms with E-state index in [2.05, 4.69) is 5.32 Å². The summed E-state index contributed by atoms with van der Waals surface area (Å²) in [4.78, 5) is 27.5. The van der Waals surface area contributed by atoms with Gasteiger partial charge in [-0.2, -0.15) is 0 Å². The number of nitrogens with one attached hydrogen (secondary N) is 1. The van der Waals surface area contributed by atoms with Crippen molar-refractivity contribution in [3.05, 3.63) is 35.9 Å². The highest BCUT2D eigenvalue weighted by Gasteiger charge is 2.35. The molecule has 0 spiro atoms. The molecule has 1 aromatic rings. The number of piperidine rings is 1. The molecule has 2 atom stereocenters. The van der Waals surface area contributed by atoms with Crippen molar-refractivity contribution < 1.29 is 23.8 Å². The van der Waals surface area contributed by atoms with Gasteiger partial charge in [0.25, 0.3) is 0 Å². The molecule has 2 fully saturated rings. The lowest BCUT2D eigenvalue weighted by Gasteiger charge is -2.36.